The van der Waals surface area contributed by atoms with Gasteiger partial charge in [-0.1, -0.05) is 23.2 Å². The SMILES string of the molecule is C[C@@H](O)CNC(=O)N[C@@H]1CCN(c2ccc(Cl)cc2Cl)C1. The Bertz CT molecular complexity index is 511. The van der Waals surface area contributed by atoms with Crippen molar-refractivity contribution in [3.63, 3.8) is 0 Å². The molecule has 0 radical (unpaired) electrons. The second kappa shape index (κ2) is 7.20. The van der Waals surface area contributed by atoms with E-state index < -0.39 is 6.10 Å². The summed E-state index contributed by atoms with van der Waals surface area (Å²) in [5, 5.41) is 15.9. The van der Waals surface area contributed by atoms with Gasteiger partial charge >= 0.3 is 6.03 Å². The summed E-state index contributed by atoms with van der Waals surface area (Å²) in [6.45, 7) is 3.39. The lowest BCUT2D eigenvalue weighted by Gasteiger charge is -2.20. The monoisotopic (exact) mass is 331 g/mol. The van der Waals surface area contributed by atoms with E-state index in [2.05, 4.69) is 15.5 Å². The van der Waals surface area contributed by atoms with Crippen molar-refractivity contribution in [1.82, 2.24) is 10.6 Å². The number of carbonyl (C=O) groups is 1. The van der Waals surface area contributed by atoms with E-state index in [9.17, 15) is 4.79 Å². The normalized spacial score (nSPS) is 19.4. The van der Waals surface area contributed by atoms with Crippen LogP contribution in [0.15, 0.2) is 18.2 Å². The lowest BCUT2D eigenvalue weighted by Crippen LogP contribution is -2.45. The predicted octanol–water partition coefficient (Wildman–Crippen LogP) is 2.25. The number of halogens is 2. The maximum Gasteiger partial charge on any atom is 0.315 e. The van der Waals surface area contributed by atoms with Crippen molar-refractivity contribution in [2.24, 2.45) is 0 Å². The van der Waals surface area contributed by atoms with Crippen LogP contribution in [0.3, 0.4) is 0 Å². The molecule has 0 aliphatic carbocycles. The van der Waals surface area contributed by atoms with Gasteiger partial charge in [0, 0.05) is 30.7 Å². The number of nitrogens with zero attached hydrogens (tertiary/aromatic N) is 1. The molecule has 1 heterocycles. The summed E-state index contributed by atoms with van der Waals surface area (Å²) in [6.07, 6.45) is 0.296. The van der Waals surface area contributed by atoms with E-state index >= 15 is 0 Å². The Kier molecular flexibility index (Phi) is 5.56. The molecule has 0 aromatic heterocycles. The molecule has 2 rings (SSSR count). The van der Waals surface area contributed by atoms with Crippen LogP contribution in [-0.4, -0.2) is 42.9 Å². The standard InChI is InChI=1S/C14H19Cl2N3O2/c1-9(20)7-17-14(21)18-11-4-5-19(8-11)13-3-2-10(15)6-12(13)16/h2-3,6,9,11,20H,4-5,7-8H2,1H3,(H2,17,18,21)/t9-,11-/m1/s1. The van der Waals surface area contributed by atoms with Crippen molar-refractivity contribution in [1.29, 1.82) is 0 Å². The number of benzene rings is 1. The Morgan fingerprint density at radius 3 is 2.95 bits per heavy atom. The lowest BCUT2D eigenvalue weighted by molar-refractivity contribution is 0.187. The van der Waals surface area contributed by atoms with Gasteiger partial charge in [-0.25, -0.2) is 4.79 Å². The molecule has 0 unspecified atom stereocenters. The fraction of sp³-hybridized carbons (Fsp3) is 0.500. The van der Waals surface area contributed by atoms with Gasteiger partial charge in [0.05, 0.1) is 16.8 Å². The molecule has 0 saturated carbocycles. The first kappa shape index (κ1) is 16.2. The molecular formula is C14H19Cl2N3O2. The Morgan fingerprint density at radius 2 is 2.29 bits per heavy atom. The molecule has 116 valence electrons. The highest BCUT2D eigenvalue weighted by Gasteiger charge is 2.25. The molecular weight excluding hydrogens is 313 g/mol. The summed E-state index contributed by atoms with van der Waals surface area (Å²) in [5.41, 5.74) is 0.926. The van der Waals surface area contributed by atoms with Crippen molar-refractivity contribution < 1.29 is 9.90 Å². The van der Waals surface area contributed by atoms with E-state index in [1.165, 1.54) is 0 Å². The van der Waals surface area contributed by atoms with Gasteiger partial charge in [-0.15, -0.1) is 0 Å². The minimum absolute atomic E-state index is 0.0609. The average Bonchev–Trinajstić information content (AvgIpc) is 2.84. The van der Waals surface area contributed by atoms with Crippen molar-refractivity contribution >= 4 is 34.9 Å². The van der Waals surface area contributed by atoms with Gasteiger partial charge in [0.25, 0.3) is 0 Å². The zero-order chi connectivity index (χ0) is 15.4. The largest absolute Gasteiger partial charge is 0.392 e. The van der Waals surface area contributed by atoms with Crippen LogP contribution < -0.4 is 15.5 Å². The number of urea groups is 1. The zero-order valence-corrected chi connectivity index (χ0v) is 13.3. The summed E-state index contributed by atoms with van der Waals surface area (Å²) < 4.78 is 0. The maximum absolute atomic E-state index is 11.7. The van der Waals surface area contributed by atoms with E-state index in [1.54, 1.807) is 19.1 Å². The molecule has 5 nitrogen and oxygen atoms in total. The smallest absolute Gasteiger partial charge is 0.315 e. The number of aliphatic hydroxyl groups is 1. The summed E-state index contributed by atoms with van der Waals surface area (Å²) in [5.74, 6) is 0. The molecule has 21 heavy (non-hydrogen) atoms. The Hall–Kier alpha value is -1.17. The molecule has 7 heteroatoms. The molecule has 1 aliphatic rings. The van der Waals surface area contributed by atoms with Crippen LogP contribution in [0.25, 0.3) is 0 Å². The van der Waals surface area contributed by atoms with Gasteiger partial charge in [-0.2, -0.15) is 0 Å². The predicted molar refractivity (Wildman–Crippen MR) is 85.3 cm³/mol. The van der Waals surface area contributed by atoms with E-state index in [0.717, 1.165) is 18.7 Å². The van der Waals surface area contributed by atoms with Gasteiger partial charge in [-0.05, 0) is 31.5 Å². The Morgan fingerprint density at radius 1 is 1.52 bits per heavy atom. The van der Waals surface area contributed by atoms with Gasteiger partial charge in [-0.3, -0.25) is 0 Å². The van der Waals surface area contributed by atoms with E-state index in [0.29, 0.717) is 16.6 Å². The first-order chi connectivity index (χ1) is 9.95. The number of aliphatic hydroxyl groups excluding tert-OH is 1. The third kappa shape index (κ3) is 4.66. The Labute approximate surface area is 134 Å². The molecule has 3 N–H and O–H groups in total. The number of hydrogen-bond acceptors (Lipinski definition) is 3. The number of anilines is 1. The second-order valence-electron chi connectivity index (χ2n) is 5.23. The third-order valence-electron chi connectivity index (χ3n) is 3.33. The quantitative estimate of drug-likeness (QED) is 0.792. The maximum atomic E-state index is 11.7. The van der Waals surface area contributed by atoms with Gasteiger partial charge in [0.15, 0.2) is 0 Å². The highest BCUT2D eigenvalue weighted by Crippen LogP contribution is 2.30. The number of carbonyl (C=O) groups excluding carboxylic acids is 1. The fourth-order valence-electron chi connectivity index (χ4n) is 2.31. The molecule has 2 atom stereocenters. The van der Waals surface area contributed by atoms with Crippen LogP contribution >= 0.6 is 23.2 Å². The Balaban J connectivity index is 1.87. The fourth-order valence-corrected chi connectivity index (χ4v) is 2.84. The molecule has 1 aromatic carbocycles. The van der Waals surface area contributed by atoms with Crippen LogP contribution in [0.1, 0.15) is 13.3 Å². The van der Waals surface area contributed by atoms with Crippen molar-refractivity contribution in [2.45, 2.75) is 25.5 Å². The molecule has 1 fully saturated rings. The second-order valence-corrected chi connectivity index (χ2v) is 6.07. The number of nitrogens with one attached hydrogen (secondary N) is 2. The number of amides is 2. The van der Waals surface area contributed by atoms with Crippen LogP contribution in [0.5, 0.6) is 0 Å². The summed E-state index contributed by atoms with van der Waals surface area (Å²) in [6, 6.07) is 5.21. The third-order valence-corrected chi connectivity index (χ3v) is 3.87. The molecule has 0 bridgehead atoms. The van der Waals surface area contributed by atoms with Crippen molar-refractivity contribution in [2.75, 3.05) is 24.5 Å². The number of hydrogen-bond donors (Lipinski definition) is 3. The first-order valence-electron chi connectivity index (χ1n) is 6.88. The van der Waals surface area contributed by atoms with Crippen LogP contribution in [-0.2, 0) is 0 Å². The summed E-state index contributed by atoms with van der Waals surface area (Å²) >= 11 is 12.1. The van der Waals surface area contributed by atoms with Crippen LogP contribution in [0.2, 0.25) is 10.0 Å². The van der Waals surface area contributed by atoms with E-state index in [1.807, 2.05) is 6.07 Å². The van der Waals surface area contributed by atoms with Crippen LogP contribution in [0, 0.1) is 0 Å². The molecule has 1 aliphatic heterocycles. The van der Waals surface area contributed by atoms with Crippen LogP contribution in [0.4, 0.5) is 10.5 Å². The minimum Gasteiger partial charge on any atom is -0.392 e. The van der Waals surface area contributed by atoms with E-state index in [4.69, 9.17) is 28.3 Å². The molecule has 0 spiro atoms. The summed E-state index contributed by atoms with van der Waals surface area (Å²) in [4.78, 5) is 13.8. The van der Waals surface area contributed by atoms with E-state index in [-0.39, 0.29) is 18.6 Å². The topological polar surface area (TPSA) is 64.6 Å². The van der Waals surface area contributed by atoms with Crippen molar-refractivity contribution in [3.05, 3.63) is 28.2 Å². The molecule has 1 saturated heterocycles. The zero-order valence-electron chi connectivity index (χ0n) is 11.8. The highest BCUT2D eigenvalue weighted by atomic mass is 35.5. The van der Waals surface area contributed by atoms with Gasteiger partial charge in [0.2, 0.25) is 0 Å². The van der Waals surface area contributed by atoms with Gasteiger partial charge < -0.3 is 20.6 Å². The van der Waals surface area contributed by atoms with Gasteiger partial charge in [0.1, 0.15) is 0 Å². The minimum atomic E-state index is -0.552. The first-order valence-corrected chi connectivity index (χ1v) is 7.63. The molecule has 1 aromatic rings. The lowest BCUT2D eigenvalue weighted by atomic mass is 10.2. The van der Waals surface area contributed by atoms with Crippen molar-refractivity contribution in [3.8, 4) is 0 Å². The number of rotatable bonds is 4. The summed E-state index contributed by atoms with van der Waals surface area (Å²) in [7, 11) is 0. The highest BCUT2D eigenvalue weighted by molar-refractivity contribution is 6.36. The molecule has 2 amide bonds. The average molecular weight is 332 g/mol.